The molecule has 0 aromatic heterocycles. The molecule has 0 saturated carbocycles. The summed E-state index contributed by atoms with van der Waals surface area (Å²) in [5, 5.41) is 19.2. The Hall–Kier alpha value is -3.40. The van der Waals surface area contributed by atoms with Gasteiger partial charge in [-0.25, -0.2) is 8.78 Å². The molecule has 10 heteroatoms. The van der Waals surface area contributed by atoms with E-state index in [9.17, 15) is 23.7 Å². The van der Waals surface area contributed by atoms with E-state index in [0.717, 1.165) is 12.1 Å². The summed E-state index contributed by atoms with van der Waals surface area (Å²) in [5.41, 5.74) is 0.807. The summed E-state index contributed by atoms with van der Waals surface area (Å²) in [6, 6.07) is 7.38. The largest absolute Gasteiger partial charge is 0.351 e. The molecule has 1 atom stereocenters. The summed E-state index contributed by atoms with van der Waals surface area (Å²) in [5.74, 6) is -2.13. The van der Waals surface area contributed by atoms with E-state index >= 15 is 0 Å². The van der Waals surface area contributed by atoms with Crippen molar-refractivity contribution in [2.45, 2.75) is 13.0 Å². The number of nitro benzene ring substituents is 1. The maximum Gasteiger partial charge on any atom is 0.269 e. The first-order chi connectivity index (χ1) is 13.3. The van der Waals surface area contributed by atoms with Gasteiger partial charge in [-0.15, -0.1) is 0 Å². The van der Waals surface area contributed by atoms with Crippen LogP contribution in [0.5, 0.6) is 0 Å². The standard InChI is InChI=1S/C18H14F2N4O3S/c1-9-15(17(25)22-11-3-5-12(6-4-11)24(26)27)16(23-18(28)21-9)13-7-2-10(19)8-14(13)20/h2-8,16H,1H3,(H,22,25)(H2,21,23,28)/t16-/m1/s1. The van der Waals surface area contributed by atoms with Crippen LogP contribution in [0.3, 0.4) is 0 Å². The van der Waals surface area contributed by atoms with Crippen LogP contribution in [0, 0.1) is 21.7 Å². The van der Waals surface area contributed by atoms with Gasteiger partial charge in [0.25, 0.3) is 11.6 Å². The van der Waals surface area contributed by atoms with E-state index < -0.39 is 28.5 Å². The molecule has 1 amide bonds. The minimum absolute atomic E-state index is 0.0541. The summed E-state index contributed by atoms with van der Waals surface area (Å²) < 4.78 is 27.6. The van der Waals surface area contributed by atoms with Gasteiger partial charge in [0.05, 0.1) is 16.5 Å². The summed E-state index contributed by atoms with van der Waals surface area (Å²) in [4.78, 5) is 23.0. The topological polar surface area (TPSA) is 96.3 Å². The molecule has 0 spiro atoms. The highest BCUT2D eigenvalue weighted by Crippen LogP contribution is 2.30. The molecule has 1 aliphatic heterocycles. The number of carbonyl (C=O) groups excluding carboxylic acids is 1. The van der Waals surface area contributed by atoms with Gasteiger partial charge in [0.2, 0.25) is 0 Å². The molecule has 144 valence electrons. The second-order valence-corrected chi connectivity index (χ2v) is 6.40. The number of non-ortho nitro benzene ring substituents is 1. The maximum atomic E-state index is 14.3. The number of nitro groups is 1. The lowest BCUT2D eigenvalue weighted by molar-refractivity contribution is -0.384. The summed E-state index contributed by atoms with van der Waals surface area (Å²) in [7, 11) is 0. The van der Waals surface area contributed by atoms with E-state index in [-0.39, 0.29) is 21.9 Å². The Labute approximate surface area is 163 Å². The van der Waals surface area contributed by atoms with Crippen molar-refractivity contribution in [3.05, 3.63) is 81.0 Å². The van der Waals surface area contributed by atoms with E-state index in [4.69, 9.17) is 12.2 Å². The molecule has 1 heterocycles. The average Bonchev–Trinajstić information content (AvgIpc) is 2.61. The van der Waals surface area contributed by atoms with Crippen molar-refractivity contribution in [3.63, 3.8) is 0 Å². The molecule has 7 nitrogen and oxygen atoms in total. The number of nitrogens with zero attached hydrogens (tertiary/aromatic N) is 1. The first-order valence-corrected chi connectivity index (χ1v) is 8.46. The SMILES string of the molecule is CC1=C(C(=O)Nc2ccc([N+](=O)[O-])cc2)[C@@H](c2ccc(F)cc2F)NC(=S)N1. The van der Waals surface area contributed by atoms with Gasteiger partial charge in [-0.2, -0.15) is 0 Å². The molecule has 28 heavy (non-hydrogen) atoms. The van der Waals surface area contributed by atoms with Crippen molar-refractivity contribution in [3.8, 4) is 0 Å². The van der Waals surface area contributed by atoms with Crippen LogP contribution in [0.1, 0.15) is 18.5 Å². The number of thiocarbonyl (C=S) groups is 1. The highest BCUT2D eigenvalue weighted by atomic mass is 32.1. The van der Waals surface area contributed by atoms with Gasteiger partial charge in [-0.3, -0.25) is 14.9 Å². The fourth-order valence-corrected chi connectivity index (χ4v) is 3.10. The number of benzene rings is 2. The van der Waals surface area contributed by atoms with Crippen molar-refractivity contribution in [2.24, 2.45) is 0 Å². The number of allylic oxidation sites excluding steroid dienone is 1. The Morgan fingerprint density at radius 2 is 1.89 bits per heavy atom. The lowest BCUT2D eigenvalue weighted by Crippen LogP contribution is -2.46. The number of nitrogens with one attached hydrogen (secondary N) is 3. The number of hydrogen-bond donors (Lipinski definition) is 3. The molecule has 3 N–H and O–H groups in total. The molecule has 0 unspecified atom stereocenters. The predicted octanol–water partition coefficient (Wildman–Crippen LogP) is 3.30. The van der Waals surface area contributed by atoms with Crippen LogP contribution in [0.25, 0.3) is 0 Å². The molecule has 3 rings (SSSR count). The Morgan fingerprint density at radius 1 is 1.21 bits per heavy atom. The van der Waals surface area contributed by atoms with Crippen molar-refractivity contribution in [1.29, 1.82) is 0 Å². The van der Waals surface area contributed by atoms with E-state index in [1.165, 1.54) is 30.3 Å². The monoisotopic (exact) mass is 404 g/mol. The number of rotatable bonds is 4. The van der Waals surface area contributed by atoms with Gasteiger partial charge in [-0.05, 0) is 37.3 Å². The zero-order valence-corrected chi connectivity index (χ0v) is 15.3. The van der Waals surface area contributed by atoms with Crippen molar-refractivity contribution in [1.82, 2.24) is 10.6 Å². The van der Waals surface area contributed by atoms with Crippen molar-refractivity contribution < 1.29 is 18.5 Å². The number of halogens is 2. The molecule has 0 saturated heterocycles. The molecule has 0 bridgehead atoms. The first kappa shape index (κ1) is 19.4. The molecular weight excluding hydrogens is 390 g/mol. The van der Waals surface area contributed by atoms with Crippen molar-refractivity contribution in [2.75, 3.05) is 5.32 Å². The molecule has 2 aromatic rings. The van der Waals surface area contributed by atoms with Gasteiger partial charge in [0, 0.05) is 35.1 Å². The van der Waals surface area contributed by atoms with Crippen LogP contribution in [-0.2, 0) is 4.79 Å². The molecule has 0 radical (unpaired) electrons. The first-order valence-electron chi connectivity index (χ1n) is 8.05. The van der Waals surface area contributed by atoms with Crippen molar-refractivity contribution >= 4 is 34.6 Å². The quantitative estimate of drug-likeness (QED) is 0.411. The number of carbonyl (C=O) groups is 1. The zero-order chi connectivity index (χ0) is 20.4. The Kier molecular flexibility index (Phi) is 5.32. The molecule has 2 aromatic carbocycles. The van der Waals surface area contributed by atoms with Crippen LogP contribution in [0.2, 0.25) is 0 Å². The van der Waals surface area contributed by atoms with E-state index in [1.807, 2.05) is 0 Å². The Balaban J connectivity index is 1.93. The summed E-state index contributed by atoms with van der Waals surface area (Å²) in [6.07, 6.45) is 0. The second-order valence-electron chi connectivity index (χ2n) is 5.99. The smallest absolute Gasteiger partial charge is 0.269 e. The number of hydrogen-bond acceptors (Lipinski definition) is 4. The van der Waals surface area contributed by atoms with E-state index in [2.05, 4.69) is 16.0 Å². The van der Waals surface area contributed by atoms with Crippen LogP contribution in [0.15, 0.2) is 53.7 Å². The van der Waals surface area contributed by atoms with Crippen LogP contribution in [-0.4, -0.2) is 15.9 Å². The van der Waals surface area contributed by atoms with Gasteiger partial charge in [0.15, 0.2) is 5.11 Å². The van der Waals surface area contributed by atoms with Crippen LogP contribution >= 0.6 is 12.2 Å². The zero-order valence-electron chi connectivity index (χ0n) is 14.5. The Bertz CT molecular complexity index is 1010. The molecule has 1 aliphatic rings. The van der Waals surface area contributed by atoms with Gasteiger partial charge < -0.3 is 16.0 Å². The summed E-state index contributed by atoms with van der Waals surface area (Å²) in [6.45, 7) is 1.60. The average molecular weight is 404 g/mol. The molecular formula is C18H14F2N4O3S. The number of anilines is 1. The minimum Gasteiger partial charge on any atom is -0.351 e. The Morgan fingerprint density at radius 3 is 2.50 bits per heavy atom. The van der Waals surface area contributed by atoms with E-state index in [0.29, 0.717) is 11.4 Å². The van der Waals surface area contributed by atoms with Crippen LogP contribution < -0.4 is 16.0 Å². The fourth-order valence-electron chi connectivity index (χ4n) is 2.83. The van der Waals surface area contributed by atoms with Gasteiger partial charge in [0.1, 0.15) is 11.6 Å². The fraction of sp³-hybridized carbons (Fsp3) is 0.111. The van der Waals surface area contributed by atoms with E-state index in [1.54, 1.807) is 6.92 Å². The third-order valence-electron chi connectivity index (χ3n) is 4.12. The maximum absolute atomic E-state index is 14.3. The minimum atomic E-state index is -0.938. The van der Waals surface area contributed by atoms with Crippen LogP contribution in [0.4, 0.5) is 20.2 Å². The summed E-state index contributed by atoms with van der Waals surface area (Å²) >= 11 is 5.09. The highest BCUT2D eigenvalue weighted by molar-refractivity contribution is 7.80. The second kappa shape index (κ2) is 7.69. The molecule has 0 fully saturated rings. The predicted molar refractivity (Wildman–Crippen MR) is 102 cm³/mol. The lowest BCUT2D eigenvalue weighted by atomic mass is 9.94. The lowest BCUT2D eigenvalue weighted by Gasteiger charge is -2.30. The van der Waals surface area contributed by atoms with Gasteiger partial charge in [-0.1, -0.05) is 6.07 Å². The third kappa shape index (κ3) is 3.96. The van der Waals surface area contributed by atoms with Gasteiger partial charge >= 0.3 is 0 Å². The third-order valence-corrected chi connectivity index (χ3v) is 4.34. The number of amides is 1. The normalized spacial score (nSPS) is 16.2. The highest BCUT2D eigenvalue weighted by Gasteiger charge is 2.31. The molecule has 0 aliphatic carbocycles.